The fraction of sp³-hybridized carbons (Fsp3) is 0.417. The molecule has 0 aliphatic heterocycles. The van der Waals surface area contributed by atoms with E-state index in [1.165, 1.54) is 0 Å². The second-order valence-electron chi connectivity index (χ2n) is 3.46. The molecule has 0 amide bonds. The molecule has 0 fully saturated rings. The molecule has 0 aliphatic rings. The van der Waals surface area contributed by atoms with Gasteiger partial charge in [-0.3, -0.25) is 0 Å². The van der Waals surface area contributed by atoms with Gasteiger partial charge in [-0.1, -0.05) is 0 Å². The SMILES string of the molecule is CCN(CC)/C([Se])=N/N=C(\C)c1ccccn1. The molecule has 1 rings (SSSR count). The number of pyridine rings is 1. The summed E-state index contributed by atoms with van der Waals surface area (Å²) >= 11 is 2.93. The zero-order valence-electron chi connectivity index (χ0n) is 10.4. The van der Waals surface area contributed by atoms with E-state index in [4.69, 9.17) is 0 Å². The third-order valence-corrected chi connectivity index (χ3v) is 3.07. The van der Waals surface area contributed by atoms with E-state index >= 15 is 0 Å². The molecule has 0 unspecified atom stereocenters. The number of amidine groups is 1. The fourth-order valence-electron chi connectivity index (χ4n) is 1.30. The van der Waals surface area contributed by atoms with Gasteiger partial charge in [0.2, 0.25) is 0 Å². The molecule has 0 aliphatic carbocycles. The first kappa shape index (κ1) is 13.9. The van der Waals surface area contributed by atoms with Gasteiger partial charge in [-0.05, 0) is 0 Å². The molecule has 0 aromatic carbocycles. The van der Waals surface area contributed by atoms with Crippen molar-refractivity contribution in [1.29, 1.82) is 0 Å². The molecule has 0 saturated carbocycles. The van der Waals surface area contributed by atoms with Crippen LogP contribution in [0.5, 0.6) is 0 Å². The van der Waals surface area contributed by atoms with Crippen molar-refractivity contribution in [3.63, 3.8) is 0 Å². The molecule has 0 atom stereocenters. The van der Waals surface area contributed by atoms with E-state index in [9.17, 15) is 0 Å². The molecular formula is C12H17N4Se. The van der Waals surface area contributed by atoms with Crippen molar-refractivity contribution in [2.45, 2.75) is 20.8 Å². The Kier molecular flexibility index (Phi) is 5.87. The van der Waals surface area contributed by atoms with Gasteiger partial charge in [0.1, 0.15) is 0 Å². The van der Waals surface area contributed by atoms with Crippen molar-refractivity contribution in [2.24, 2.45) is 10.2 Å². The van der Waals surface area contributed by atoms with Gasteiger partial charge in [0.05, 0.1) is 0 Å². The predicted molar refractivity (Wildman–Crippen MR) is 72.6 cm³/mol. The van der Waals surface area contributed by atoms with Crippen LogP contribution in [-0.2, 0) is 0 Å². The van der Waals surface area contributed by atoms with Crippen LogP contribution in [0.3, 0.4) is 0 Å². The van der Waals surface area contributed by atoms with Crippen LogP contribution in [0.2, 0.25) is 0 Å². The van der Waals surface area contributed by atoms with Gasteiger partial charge >= 0.3 is 110 Å². The maximum absolute atomic E-state index is 4.22. The summed E-state index contributed by atoms with van der Waals surface area (Å²) in [6.45, 7) is 7.92. The first-order chi connectivity index (χ1) is 8.19. The molecule has 1 aromatic rings. The van der Waals surface area contributed by atoms with Crippen LogP contribution in [0, 0.1) is 0 Å². The first-order valence-electron chi connectivity index (χ1n) is 5.64. The maximum atomic E-state index is 4.22. The summed E-state index contributed by atoms with van der Waals surface area (Å²) in [6.07, 6.45) is 1.75. The van der Waals surface area contributed by atoms with Crippen molar-refractivity contribution in [2.75, 3.05) is 13.1 Å². The predicted octanol–water partition coefficient (Wildman–Crippen LogP) is 1.67. The van der Waals surface area contributed by atoms with Crippen LogP contribution in [-0.4, -0.2) is 49.4 Å². The summed E-state index contributed by atoms with van der Waals surface area (Å²) < 4.78 is 0.810. The number of hydrogen-bond donors (Lipinski definition) is 0. The van der Waals surface area contributed by atoms with E-state index in [2.05, 4.69) is 49.9 Å². The Morgan fingerprint density at radius 2 is 2.00 bits per heavy atom. The molecule has 17 heavy (non-hydrogen) atoms. The van der Waals surface area contributed by atoms with E-state index in [1.807, 2.05) is 25.1 Å². The fourth-order valence-corrected chi connectivity index (χ4v) is 1.93. The van der Waals surface area contributed by atoms with Gasteiger partial charge in [0.25, 0.3) is 0 Å². The normalized spacial score (nSPS) is 12.6. The molecule has 0 spiro atoms. The minimum absolute atomic E-state index is 0.810. The van der Waals surface area contributed by atoms with Crippen molar-refractivity contribution in [3.8, 4) is 0 Å². The summed E-state index contributed by atoms with van der Waals surface area (Å²) in [5, 5.41) is 8.36. The second kappa shape index (κ2) is 7.20. The zero-order chi connectivity index (χ0) is 12.7. The average Bonchev–Trinajstić information content (AvgIpc) is 2.38. The van der Waals surface area contributed by atoms with Crippen LogP contribution in [0.15, 0.2) is 34.6 Å². The van der Waals surface area contributed by atoms with E-state index in [0.717, 1.165) is 29.2 Å². The molecule has 1 aromatic heterocycles. The zero-order valence-corrected chi connectivity index (χ0v) is 12.1. The molecule has 0 bridgehead atoms. The Balaban J connectivity index is 2.80. The standard InChI is InChI=1S/C12H17N4Se/c1-4-16(5-2)12(17)15-14-10(3)11-8-6-7-9-13-11/h6-9H,4-5H2,1-3H3/b14-10+,15-12-. The molecule has 0 saturated heterocycles. The van der Waals surface area contributed by atoms with Crippen molar-refractivity contribution >= 4 is 26.5 Å². The number of aromatic nitrogens is 1. The molecule has 1 radical (unpaired) electrons. The van der Waals surface area contributed by atoms with Gasteiger partial charge in [-0.25, -0.2) is 0 Å². The Bertz CT molecular complexity index is 396. The van der Waals surface area contributed by atoms with Crippen LogP contribution in [0.4, 0.5) is 0 Å². The van der Waals surface area contributed by atoms with Crippen LogP contribution in [0.25, 0.3) is 0 Å². The summed E-state index contributed by atoms with van der Waals surface area (Å²) in [7, 11) is 0. The Morgan fingerprint density at radius 1 is 1.29 bits per heavy atom. The van der Waals surface area contributed by atoms with Crippen molar-refractivity contribution < 1.29 is 0 Å². The molecule has 4 nitrogen and oxygen atoms in total. The third-order valence-electron chi connectivity index (χ3n) is 2.36. The van der Waals surface area contributed by atoms with Gasteiger partial charge in [0, 0.05) is 0 Å². The first-order valence-corrected chi connectivity index (χ1v) is 6.50. The molecule has 91 valence electrons. The summed E-state index contributed by atoms with van der Waals surface area (Å²) in [5.41, 5.74) is 1.66. The second-order valence-corrected chi connectivity index (χ2v) is 4.22. The molecule has 1 heterocycles. The quantitative estimate of drug-likeness (QED) is 0.367. The van der Waals surface area contributed by atoms with Crippen molar-refractivity contribution in [1.82, 2.24) is 9.88 Å². The Labute approximate surface area is 111 Å². The van der Waals surface area contributed by atoms with Gasteiger partial charge < -0.3 is 0 Å². The topological polar surface area (TPSA) is 40.9 Å². The van der Waals surface area contributed by atoms with E-state index in [1.54, 1.807) is 6.20 Å². The molecular weight excluding hydrogens is 279 g/mol. The van der Waals surface area contributed by atoms with E-state index in [0.29, 0.717) is 0 Å². The Hall–Kier alpha value is -1.19. The van der Waals surface area contributed by atoms with E-state index in [-0.39, 0.29) is 0 Å². The summed E-state index contributed by atoms with van der Waals surface area (Å²) in [6, 6.07) is 5.74. The van der Waals surface area contributed by atoms with Crippen molar-refractivity contribution in [3.05, 3.63) is 30.1 Å². The van der Waals surface area contributed by atoms with Gasteiger partial charge in [-0.15, -0.1) is 0 Å². The minimum atomic E-state index is 0.810. The third kappa shape index (κ3) is 4.29. The van der Waals surface area contributed by atoms with E-state index < -0.39 is 0 Å². The number of nitrogens with zero attached hydrogens (tertiary/aromatic N) is 4. The molecule has 0 N–H and O–H groups in total. The van der Waals surface area contributed by atoms with Gasteiger partial charge in [0.15, 0.2) is 0 Å². The van der Waals surface area contributed by atoms with Crippen LogP contribution in [0.1, 0.15) is 26.5 Å². The average molecular weight is 296 g/mol. The summed E-state index contributed by atoms with van der Waals surface area (Å²) in [4.78, 5) is 6.32. The number of hydrogen-bond acceptors (Lipinski definition) is 3. The monoisotopic (exact) mass is 297 g/mol. The molecule has 5 heteroatoms. The van der Waals surface area contributed by atoms with Crippen LogP contribution < -0.4 is 0 Å². The number of rotatable bonds is 4. The summed E-state index contributed by atoms with van der Waals surface area (Å²) in [5.74, 6) is 0. The van der Waals surface area contributed by atoms with Crippen LogP contribution >= 0.6 is 0 Å². The van der Waals surface area contributed by atoms with Gasteiger partial charge in [-0.2, -0.15) is 0 Å². The Morgan fingerprint density at radius 3 is 2.53 bits per heavy atom.